The van der Waals surface area contributed by atoms with E-state index in [2.05, 4.69) is 38.6 Å². The Kier molecular flexibility index (Phi) is 5.51. The summed E-state index contributed by atoms with van der Waals surface area (Å²) >= 11 is 0. The van der Waals surface area contributed by atoms with Gasteiger partial charge in [-0.1, -0.05) is 11.2 Å². The van der Waals surface area contributed by atoms with Gasteiger partial charge in [-0.05, 0) is 55.4 Å². The van der Waals surface area contributed by atoms with E-state index in [1.54, 1.807) is 18.2 Å². The minimum Gasteiger partial charge on any atom is -0.384 e. The zero-order chi connectivity index (χ0) is 17.8. The van der Waals surface area contributed by atoms with Gasteiger partial charge in [-0.2, -0.15) is 4.98 Å². The molecule has 0 amide bonds. The zero-order valence-electron chi connectivity index (χ0n) is 15.5. The molecule has 26 heavy (non-hydrogen) atoms. The van der Waals surface area contributed by atoms with Crippen LogP contribution < -0.4 is 10.2 Å². The Morgan fingerprint density at radius 3 is 2.92 bits per heavy atom. The minimum absolute atomic E-state index is 0.515. The van der Waals surface area contributed by atoms with Gasteiger partial charge in [-0.3, -0.25) is 0 Å². The molecule has 0 atom stereocenters. The van der Waals surface area contributed by atoms with Crippen LogP contribution in [-0.4, -0.2) is 43.0 Å². The molecule has 4 rings (SSSR count). The maximum absolute atomic E-state index is 5.23. The van der Waals surface area contributed by atoms with E-state index in [0.717, 1.165) is 31.8 Å². The maximum atomic E-state index is 5.23. The van der Waals surface area contributed by atoms with Crippen LogP contribution in [0.2, 0.25) is 0 Å². The predicted octanol–water partition coefficient (Wildman–Crippen LogP) is 2.51. The highest BCUT2D eigenvalue weighted by Gasteiger charge is 2.21. The second-order valence-electron chi connectivity index (χ2n) is 7.30. The SMILES string of the molecule is COCCc1nc(CNC2CCN(c3ccc4c(c3)CCC4)CC2)no1. The summed E-state index contributed by atoms with van der Waals surface area (Å²) in [6.07, 6.45) is 6.77. The fraction of sp³-hybridized carbons (Fsp3) is 0.600. The molecule has 2 aliphatic rings. The first kappa shape index (κ1) is 17.5. The second kappa shape index (κ2) is 8.18. The predicted molar refractivity (Wildman–Crippen MR) is 100 cm³/mol. The number of hydrogen-bond acceptors (Lipinski definition) is 6. The highest BCUT2D eigenvalue weighted by atomic mass is 16.5. The van der Waals surface area contributed by atoms with E-state index in [1.807, 2.05) is 0 Å². The fourth-order valence-corrected chi connectivity index (χ4v) is 3.99. The molecule has 1 aliphatic carbocycles. The molecule has 1 fully saturated rings. The van der Waals surface area contributed by atoms with Crippen molar-refractivity contribution in [2.75, 3.05) is 31.7 Å². The molecule has 0 unspecified atom stereocenters. The number of benzene rings is 1. The summed E-state index contributed by atoms with van der Waals surface area (Å²) in [6, 6.07) is 7.57. The number of aromatic nitrogens is 2. The van der Waals surface area contributed by atoms with Crippen LogP contribution in [0.15, 0.2) is 22.7 Å². The van der Waals surface area contributed by atoms with Gasteiger partial charge < -0.3 is 19.5 Å². The molecular weight excluding hydrogens is 328 g/mol. The number of methoxy groups -OCH3 is 1. The molecule has 6 heteroatoms. The molecule has 2 aromatic rings. The summed E-state index contributed by atoms with van der Waals surface area (Å²) < 4.78 is 10.3. The normalized spacial score (nSPS) is 17.7. The number of nitrogens with zero attached hydrogens (tertiary/aromatic N) is 3. The van der Waals surface area contributed by atoms with Gasteiger partial charge in [0.05, 0.1) is 19.6 Å². The average Bonchev–Trinajstić information content (AvgIpc) is 3.33. The monoisotopic (exact) mass is 356 g/mol. The summed E-state index contributed by atoms with van der Waals surface area (Å²) in [6.45, 7) is 3.47. The van der Waals surface area contributed by atoms with E-state index >= 15 is 0 Å². The lowest BCUT2D eigenvalue weighted by molar-refractivity contribution is 0.192. The van der Waals surface area contributed by atoms with Crippen LogP contribution in [0.5, 0.6) is 0 Å². The van der Waals surface area contributed by atoms with Crippen LogP contribution in [0.1, 0.15) is 42.1 Å². The van der Waals surface area contributed by atoms with Crippen LogP contribution >= 0.6 is 0 Å². The number of nitrogens with one attached hydrogen (secondary N) is 1. The van der Waals surface area contributed by atoms with Crippen molar-refractivity contribution in [2.24, 2.45) is 0 Å². The van der Waals surface area contributed by atoms with E-state index in [4.69, 9.17) is 9.26 Å². The molecular formula is C20H28N4O2. The van der Waals surface area contributed by atoms with E-state index in [9.17, 15) is 0 Å². The van der Waals surface area contributed by atoms with Gasteiger partial charge in [-0.25, -0.2) is 0 Å². The lowest BCUT2D eigenvalue weighted by Gasteiger charge is -2.34. The second-order valence-corrected chi connectivity index (χ2v) is 7.30. The van der Waals surface area contributed by atoms with Crippen molar-refractivity contribution in [3.05, 3.63) is 41.0 Å². The van der Waals surface area contributed by atoms with Gasteiger partial charge in [0.25, 0.3) is 0 Å². The molecule has 140 valence electrons. The molecule has 1 aliphatic heterocycles. The Balaban J connectivity index is 1.24. The highest BCUT2D eigenvalue weighted by molar-refractivity contribution is 5.52. The standard InChI is InChI=1S/C20H28N4O2/c1-25-12-9-20-22-19(23-26-20)14-21-17-7-10-24(11-8-17)18-6-5-15-3-2-4-16(15)13-18/h5-6,13,17,21H,2-4,7-12,14H2,1H3. The number of hydrogen-bond donors (Lipinski definition) is 1. The molecule has 2 heterocycles. The van der Waals surface area contributed by atoms with Gasteiger partial charge in [0.2, 0.25) is 5.89 Å². The number of piperidine rings is 1. The smallest absolute Gasteiger partial charge is 0.229 e. The quantitative estimate of drug-likeness (QED) is 0.822. The minimum atomic E-state index is 0.515. The molecule has 0 bridgehead atoms. The summed E-state index contributed by atoms with van der Waals surface area (Å²) in [4.78, 5) is 6.92. The Bertz CT molecular complexity index is 722. The van der Waals surface area contributed by atoms with Crippen molar-refractivity contribution in [3.63, 3.8) is 0 Å². The van der Waals surface area contributed by atoms with Gasteiger partial charge in [0, 0.05) is 31.9 Å². The van der Waals surface area contributed by atoms with Crippen molar-refractivity contribution in [3.8, 4) is 0 Å². The summed E-state index contributed by atoms with van der Waals surface area (Å²) in [5.74, 6) is 1.38. The Morgan fingerprint density at radius 1 is 1.23 bits per heavy atom. The summed E-state index contributed by atoms with van der Waals surface area (Å²) in [5, 5.41) is 7.61. The molecule has 1 aromatic carbocycles. The number of fused-ring (bicyclic) bond motifs is 1. The van der Waals surface area contributed by atoms with Crippen molar-refractivity contribution >= 4 is 5.69 Å². The topological polar surface area (TPSA) is 63.4 Å². The first-order valence-electron chi connectivity index (χ1n) is 9.72. The van der Waals surface area contributed by atoms with Crippen LogP contribution in [-0.2, 0) is 30.5 Å². The van der Waals surface area contributed by atoms with Crippen LogP contribution in [0.3, 0.4) is 0 Å². The van der Waals surface area contributed by atoms with E-state index in [0.29, 0.717) is 31.5 Å². The van der Waals surface area contributed by atoms with Crippen LogP contribution in [0.4, 0.5) is 5.69 Å². The maximum Gasteiger partial charge on any atom is 0.229 e. The molecule has 1 saturated heterocycles. The number of rotatable bonds is 7. The Morgan fingerprint density at radius 2 is 2.08 bits per heavy atom. The number of ether oxygens (including phenoxy) is 1. The van der Waals surface area contributed by atoms with E-state index < -0.39 is 0 Å². The Labute approximate surface area is 154 Å². The van der Waals surface area contributed by atoms with Crippen LogP contribution in [0, 0.1) is 0 Å². The molecule has 0 saturated carbocycles. The molecule has 0 spiro atoms. The van der Waals surface area contributed by atoms with Crippen molar-refractivity contribution in [2.45, 2.75) is 51.1 Å². The first-order chi connectivity index (χ1) is 12.8. The lowest BCUT2D eigenvalue weighted by Crippen LogP contribution is -2.42. The highest BCUT2D eigenvalue weighted by Crippen LogP contribution is 2.28. The largest absolute Gasteiger partial charge is 0.384 e. The lowest BCUT2D eigenvalue weighted by atomic mass is 10.0. The summed E-state index contributed by atoms with van der Waals surface area (Å²) in [5.41, 5.74) is 4.50. The molecule has 1 N–H and O–H groups in total. The first-order valence-corrected chi connectivity index (χ1v) is 9.72. The van der Waals surface area contributed by atoms with E-state index in [-0.39, 0.29) is 0 Å². The third-order valence-electron chi connectivity index (χ3n) is 5.52. The fourth-order valence-electron chi connectivity index (χ4n) is 3.99. The third-order valence-corrected chi connectivity index (χ3v) is 5.52. The van der Waals surface area contributed by atoms with Crippen LogP contribution in [0.25, 0.3) is 0 Å². The zero-order valence-corrected chi connectivity index (χ0v) is 15.5. The Hall–Kier alpha value is -1.92. The van der Waals surface area contributed by atoms with Crippen molar-refractivity contribution in [1.82, 2.24) is 15.5 Å². The number of anilines is 1. The van der Waals surface area contributed by atoms with Gasteiger partial charge in [0.15, 0.2) is 5.82 Å². The van der Waals surface area contributed by atoms with E-state index in [1.165, 1.54) is 24.9 Å². The van der Waals surface area contributed by atoms with Crippen molar-refractivity contribution < 1.29 is 9.26 Å². The van der Waals surface area contributed by atoms with Gasteiger partial charge in [-0.15, -0.1) is 0 Å². The number of aryl methyl sites for hydroxylation is 2. The van der Waals surface area contributed by atoms with Gasteiger partial charge in [0.1, 0.15) is 0 Å². The third kappa shape index (κ3) is 4.07. The molecule has 0 radical (unpaired) electrons. The molecule has 1 aromatic heterocycles. The van der Waals surface area contributed by atoms with Crippen molar-refractivity contribution in [1.29, 1.82) is 0 Å². The summed E-state index contributed by atoms with van der Waals surface area (Å²) in [7, 11) is 1.67. The van der Waals surface area contributed by atoms with Gasteiger partial charge >= 0.3 is 0 Å². The average molecular weight is 356 g/mol. The molecule has 6 nitrogen and oxygen atoms in total.